The fourth-order valence-corrected chi connectivity index (χ4v) is 2.89. The van der Waals surface area contributed by atoms with Crippen LogP contribution < -0.4 is 5.32 Å². The van der Waals surface area contributed by atoms with E-state index in [0.29, 0.717) is 0 Å². The lowest BCUT2D eigenvalue weighted by molar-refractivity contribution is 0.0551. The molecule has 1 N–H and O–H groups in total. The fourth-order valence-electron chi connectivity index (χ4n) is 2.89. The van der Waals surface area contributed by atoms with Crippen molar-refractivity contribution >= 4 is 0 Å². The minimum atomic E-state index is 0.889. The normalized spacial score (nSPS) is 28.7. The Morgan fingerprint density at radius 2 is 2.00 bits per heavy atom. The number of nitrogens with one attached hydrogen (secondary N) is 1. The van der Waals surface area contributed by atoms with Crippen molar-refractivity contribution in [3.8, 4) is 0 Å². The average molecular weight is 226 g/mol. The van der Waals surface area contributed by atoms with E-state index in [1.807, 2.05) is 0 Å². The second kappa shape index (κ2) is 6.58. The van der Waals surface area contributed by atoms with Gasteiger partial charge in [-0.05, 0) is 50.7 Å². The molecule has 0 aromatic rings. The van der Waals surface area contributed by atoms with Crippen molar-refractivity contribution in [1.82, 2.24) is 10.2 Å². The van der Waals surface area contributed by atoms with Crippen LogP contribution in [0.1, 0.15) is 26.2 Å². The summed E-state index contributed by atoms with van der Waals surface area (Å²) < 4.78 is 5.41. The van der Waals surface area contributed by atoms with Gasteiger partial charge >= 0.3 is 0 Å². The Morgan fingerprint density at radius 1 is 1.19 bits per heavy atom. The highest BCUT2D eigenvalue weighted by Crippen LogP contribution is 2.21. The molecule has 3 nitrogen and oxygen atoms in total. The van der Waals surface area contributed by atoms with E-state index in [0.717, 1.165) is 31.6 Å². The first-order valence-electron chi connectivity index (χ1n) is 6.89. The summed E-state index contributed by atoms with van der Waals surface area (Å²) in [6, 6.07) is 0. The van der Waals surface area contributed by atoms with Crippen molar-refractivity contribution in [2.45, 2.75) is 26.2 Å². The van der Waals surface area contributed by atoms with Crippen LogP contribution in [0.3, 0.4) is 0 Å². The Bertz CT molecular complexity index is 192. The molecule has 0 amide bonds. The maximum Gasteiger partial charge on any atom is 0.0469 e. The third-order valence-corrected chi connectivity index (χ3v) is 3.91. The molecular weight excluding hydrogens is 200 g/mol. The van der Waals surface area contributed by atoms with Crippen LogP contribution >= 0.6 is 0 Å². The molecule has 2 heterocycles. The van der Waals surface area contributed by atoms with Crippen LogP contribution in [0.15, 0.2) is 0 Å². The average Bonchev–Trinajstić information content (AvgIpc) is 2.75. The minimum absolute atomic E-state index is 0.889. The van der Waals surface area contributed by atoms with Gasteiger partial charge in [0.15, 0.2) is 0 Å². The zero-order valence-corrected chi connectivity index (χ0v) is 10.6. The number of hydrogen-bond acceptors (Lipinski definition) is 3. The predicted molar refractivity (Wildman–Crippen MR) is 66.6 cm³/mol. The summed E-state index contributed by atoms with van der Waals surface area (Å²) in [7, 11) is 0. The first-order chi connectivity index (χ1) is 7.88. The first kappa shape index (κ1) is 12.3. The molecule has 2 fully saturated rings. The largest absolute Gasteiger partial charge is 0.381 e. The molecule has 16 heavy (non-hydrogen) atoms. The number of hydrogen-bond donors (Lipinski definition) is 1. The summed E-state index contributed by atoms with van der Waals surface area (Å²) >= 11 is 0. The maximum absolute atomic E-state index is 5.41. The van der Waals surface area contributed by atoms with Gasteiger partial charge in [0.1, 0.15) is 0 Å². The van der Waals surface area contributed by atoms with Crippen LogP contribution in [0, 0.1) is 11.8 Å². The van der Waals surface area contributed by atoms with E-state index in [-0.39, 0.29) is 0 Å². The van der Waals surface area contributed by atoms with E-state index < -0.39 is 0 Å². The molecule has 2 aliphatic heterocycles. The van der Waals surface area contributed by atoms with E-state index in [1.165, 1.54) is 45.4 Å². The van der Waals surface area contributed by atoms with Crippen molar-refractivity contribution in [1.29, 1.82) is 0 Å². The van der Waals surface area contributed by atoms with Crippen LogP contribution in [0.2, 0.25) is 0 Å². The van der Waals surface area contributed by atoms with Crippen molar-refractivity contribution in [2.24, 2.45) is 11.8 Å². The van der Waals surface area contributed by atoms with E-state index in [4.69, 9.17) is 4.74 Å². The van der Waals surface area contributed by atoms with Crippen molar-refractivity contribution in [3.63, 3.8) is 0 Å². The smallest absolute Gasteiger partial charge is 0.0469 e. The highest BCUT2D eigenvalue weighted by atomic mass is 16.5. The summed E-state index contributed by atoms with van der Waals surface area (Å²) in [5.41, 5.74) is 0. The monoisotopic (exact) mass is 226 g/mol. The summed E-state index contributed by atoms with van der Waals surface area (Å²) in [6.45, 7) is 10.4. The molecule has 0 aliphatic carbocycles. The first-order valence-corrected chi connectivity index (χ1v) is 6.89. The van der Waals surface area contributed by atoms with Gasteiger partial charge < -0.3 is 15.0 Å². The van der Waals surface area contributed by atoms with Crippen LogP contribution in [0.25, 0.3) is 0 Å². The van der Waals surface area contributed by atoms with Crippen molar-refractivity contribution in [3.05, 3.63) is 0 Å². The quantitative estimate of drug-likeness (QED) is 0.766. The Morgan fingerprint density at radius 3 is 2.75 bits per heavy atom. The van der Waals surface area contributed by atoms with E-state index in [2.05, 4.69) is 17.1 Å². The molecule has 0 spiro atoms. The molecule has 2 rings (SSSR count). The van der Waals surface area contributed by atoms with Crippen LogP contribution in [0.4, 0.5) is 0 Å². The van der Waals surface area contributed by atoms with E-state index in [1.54, 1.807) is 0 Å². The van der Waals surface area contributed by atoms with Gasteiger partial charge in [-0.3, -0.25) is 0 Å². The Labute approximate surface area is 99.5 Å². The number of nitrogens with zero attached hydrogens (tertiary/aromatic N) is 1. The van der Waals surface area contributed by atoms with Gasteiger partial charge in [0.2, 0.25) is 0 Å². The van der Waals surface area contributed by atoms with Crippen molar-refractivity contribution < 1.29 is 4.74 Å². The van der Waals surface area contributed by atoms with Crippen LogP contribution in [-0.2, 0) is 4.74 Å². The summed E-state index contributed by atoms with van der Waals surface area (Å²) in [5.74, 6) is 1.78. The predicted octanol–water partition coefficient (Wildman–Crippen LogP) is 1.34. The third-order valence-electron chi connectivity index (χ3n) is 3.91. The molecule has 1 atom stereocenters. The second-order valence-corrected chi connectivity index (χ2v) is 5.28. The Hall–Kier alpha value is -0.120. The molecule has 0 radical (unpaired) electrons. The lowest BCUT2D eigenvalue weighted by Gasteiger charge is -2.27. The fraction of sp³-hybridized carbons (Fsp3) is 1.00. The van der Waals surface area contributed by atoms with Crippen LogP contribution in [0.5, 0.6) is 0 Å². The number of ether oxygens (including phenoxy) is 1. The molecule has 0 aromatic carbocycles. The molecular formula is C13H26N2O. The summed E-state index contributed by atoms with van der Waals surface area (Å²) in [5, 5.41) is 3.47. The van der Waals surface area contributed by atoms with Gasteiger partial charge in [-0.25, -0.2) is 0 Å². The topological polar surface area (TPSA) is 24.5 Å². The third kappa shape index (κ3) is 3.72. The number of likely N-dealkylation sites (tertiary alicyclic amines) is 1. The molecule has 3 heteroatoms. The molecule has 2 aliphatic rings. The Kier molecular flexibility index (Phi) is 5.07. The standard InChI is InChI=1S/C13H26N2O/c1-2-14-9-13-3-6-15(11-13)10-12-4-7-16-8-5-12/h12-14H,2-11H2,1H3. The summed E-state index contributed by atoms with van der Waals surface area (Å²) in [6.07, 6.45) is 3.93. The van der Waals surface area contributed by atoms with Gasteiger partial charge in [-0.2, -0.15) is 0 Å². The molecule has 2 saturated heterocycles. The summed E-state index contributed by atoms with van der Waals surface area (Å²) in [4.78, 5) is 2.66. The van der Waals surface area contributed by atoms with Gasteiger partial charge in [-0.1, -0.05) is 6.92 Å². The Balaban J connectivity index is 1.63. The molecule has 0 bridgehead atoms. The highest BCUT2D eigenvalue weighted by molar-refractivity contribution is 4.79. The maximum atomic E-state index is 5.41. The second-order valence-electron chi connectivity index (χ2n) is 5.28. The van der Waals surface area contributed by atoms with E-state index >= 15 is 0 Å². The molecule has 94 valence electrons. The van der Waals surface area contributed by atoms with Gasteiger partial charge in [0, 0.05) is 26.3 Å². The zero-order valence-electron chi connectivity index (χ0n) is 10.6. The van der Waals surface area contributed by atoms with E-state index in [9.17, 15) is 0 Å². The lowest BCUT2D eigenvalue weighted by Crippen LogP contribution is -2.32. The van der Waals surface area contributed by atoms with Crippen LogP contribution in [-0.4, -0.2) is 50.8 Å². The zero-order chi connectivity index (χ0) is 11.2. The van der Waals surface area contributed by atoms with Gasteiger partial charge in [0.05, 0.1) is 0 Å². The SMILES string of the molecule is CCNCC1CCN(CC2CCOCC2)C1. The number of rotatable bonds is 5. The minimum Gasteiger partial charge on any atom is -0.381 e. The van der Waals surface area contributed by atoms with Gasteiger partial charge in [0.25, 0.3) is 0 Å². The lowest BCUT2D eigenvalue weighted by atomic mass is 10.00. The van der Waals surface area contributed by atoms with Gasteiger partial charge in [-0.15, -0.1) is 0 Å². The molecule has 0 saturated carbocycles. The molecule has 1 unspecified atom stereocenters. The van der Waals surface area contributed by atoms with Crippen molar-refractivity contribution in [2.75, 3.05) is 45.9 Å². The molecule has 0 aromatic heterocycles. The highest BCUT2D eigenvalue weighted by Gasteiger charge is 2.25.